The topological polar surface area (TPSA) is 59.6 Å². The van der Waals surface area contributed by atoms with Gasteiger partial charge in [0.25, 0.3) is 0 Å². The first kappa shape index (κ1) is 29.9. The molecular formula is C49H31N3. The Morgan fingerprint density at radius 3 is 1.67 bits per heavy atom. The molecule has 0 amide bonds. The van der Waals surface area contributed by atoms with Crippen molar-refractivity contribution in [2.45, 2.75) is 19.9 Å². The number of fused-ring (bicyclic) bond motifs is 8. The Hall–Kier alpha value is -6.94. The van der Waals surface area contributed by atoms with E-state index in [-0.39, 0.29) is 6.04 Å². The molecule has 0 saturated heterocycles. The highest BCUT2D eigenvalue weighted by atomic mass is 14.9. The van der Waals surface area contributed by atoms with Crippen LogP contribution in [-0.2, 0) is 0 Å². The van der Waals surface area contributed by atoms with E-state index in [4.69, 9.17) is 0 Å². The number of nitrogens with one attached hydrogen (secondary N) is 1. The summed E-state index contributed by atoms with van der Waals surface area (Å²) in [5.74, 6) is 0. The number of nitriles is 2. The maximum atomic E-state index is 9.71. The molecule has 0 spiro atoms. The number of hydrogen-bond donors (Lipinski definition) is 1. The lowest BCUT2D eigenvalue weighted by Gasteiger charge is -2.19. The second kappa shape index (κ2) is 11.3. The van der Waals surface area contributed by atoms with Gasteiger partial charge in [-0.1, -0.05) is 78.9 Å². The summed E-state index contributed by atoms with van der Waals surface area (Å²) in [6.07, 6.45) is 8.38. The van der Waals surface area contributed by atoms with Crippen molar-refractivity contribution >= 4 is 43.1 Å². The van der Waals surface area contributed by atoms with Gasteiger partial charge in [0.05, 0.1) is 29.3 Å². The largest absolute Gasteiger partial charge is 0.381 e. The molecule has 8 aromatic carbocycles. The summed E-state index contributed by atoms with van der Waals surface area (Å²) in [5, 5.41) is 32.6. The summed E-state index contributed by atoms with van der Waals surface area (Å²) in [4.78, 5) is 0. The molecule has 1 atom stereocenters. The number of allylic oxidation sites excluding steroid dienone is 2. The Kier molecular flexibility index (Phi) is 6.50. The van der Waals surface area contributed by atoms with Crippen LogP contribution < -0.4 is 5.32 Å². The summed E-state index contributed by atoms with van der Waals surface area (Å²) in [7, 11) is 0. The predicted molar refractivity (Wildman–Crippen MR) is 215 cm³/mol. The maximum Gasteiger partial charge on any atom is 0.0991 e. The van der Waals surface area contributed by atoms with E-state index in [0.29, 0.717) is 11.1 Å². The normalized spacial score (nSPS) is 14.1. The van der Waals surface area contributed by atoms with Crippen molar-refractivity contribution in [2.24, 2.45) is 0 Å². The first-order valence-electron chi connectivity index (χ1n) is 17.7. The van der Waals surface area contributed by atoms with E-state index in [2.05, 4.69) is 134 Å². The molecule has 1 unspecified atom stereocenters. The fourth-order valence-electron chi connectivity index (χ4n) is 8.79. The molecule has 0 radical (unpaired) electrons. The van der Waals surface area contributed by atoms with Crippen LogP contribution in [-0.4, -0.2) is 0 Å². The Morgan fingerprint density at radius 2 is 1.02 bits per heavy atom. The lowest BCUT2D eigenvalue weighted by Crippen LogP contribution is -2.15. The smallest absolute Gasteiger partial charge is 0.0991 e. The van der Waals surface area contributed by atoms with Crippen LogP contribution in [0.1, 0.15) is 33.9 Å². The summed E-state index contributed by atoms with van der Waals surface area (Å²) in [5.41, 5.74) is 14.3. The van der Waals surface area contributed by atoms with Crippen LogP contribution in [0.5, 0.6) is 0 Å². The van der Waals surface area contributed by atoms with Crippen molar-refractivity contribution in [3.8, 4) is 56.6 Å². The SMILES string of the molecule is Cc1cc(C#N)ccc1-c1cc2c3cc4c(cc3c(-c3ccc(C#N)cc3C)cc2c2ccccc12)-c1cccc2c(C3C=CC=CN3)ccc-4c12. The molecule has 2 aliphatic rings. The van der Waals surface area contributed by atoms with Crippen LogP contribution in [0, 0.1) is 36.5 Å². The van der Waals surface area contributed by atoms with Crippen molar-refractivity contribution in [3.63, 3.8) is 0 Å². The lowest BCUT2D eigenvalue weighted by molar-refractivity contribution is 0.752. The number of dihydropyridines is 1. The number of benzene rings is 8. The van der Waals surface area contributed by atoms with Crippen LogP contribution in [0.25, 0.3) is 87.6 Å². The van der Waals surface area contributed by atoms with Crippen molar-refractivity contribution in [1.29, 1.82) is 10.5 Å². The minimum atomic E-state index is 0.115. The van der Waals surface area contributed by atoms with Crippen LogP contribution in [0.4, 0.5) is 0 Å². The van der Waals surface area contributed by atoms with E-state index in [9.17, 15) is 10.5 Å². The number of hydrogen-bond acceptors (Lipinski definition) is 3. The van der Waals surface area contributed by atoms with Gasteiger partial charge in [0.15, 0.2) is 0 Å². The molecule has 1 N–H and O–H groups in total. The quantitative estimate of drug-likeness (QED) is 0.192. The van der Waals surface area contributed by atoms with Crippen LogP contribution in [0.2, 0.25) is 0 Å². The van der Waals surface area contributed by atoms with Crippen LogP contribution in [0.3, 0.4) is 0 Å². The number of rotatable bonds is 3. The minimum absolute atomic E-state index is 0.115. The second-order valence-corrected chi connectivity index (χ2v) is 14.0. The van der Waals surface area contributed by atoms with Gasteiger partial charge in [-0.3, -0.25) is 0 Å². The third-order valence-corrected chi connectivity index (χ3v) is 11.2. The molecule has 0 bridgehead atoms. The first-order chi connectivity index (χ1) is 25.5. The zero-order valence-corrected chi connectivity index (χ0v) is 28.8. The molecule has 242 valence electrons. The van der Waals surface area contributed by atoms with Gasteiger partial charge in [0.1, 0.15) is 0 Å². The van der Waals surface area contributed by atoms with Gasteiger partial charge in [-0.25, -0.2) is 0 Å². The molecule has 1 heterocycles. The highest BCUT2D eigenvalue weighted by Gasteiger charge is 2.26. The van der Waals surface area contributed by atoms with E-state index in [1.54, 1.807) is 0 Å². The standard InChI is InChI=1S/C49H31N3/c1-28-20-30(26-50)13-15-32(28)40-22-46-42(35-9-4-3-8-34(35)40)23-41(33-16-14-31(27-51)21-29(33)2)45-24-43-38-11-7-10-37-36(48-12-5-6-19-52-48)17-18-39(49(37)38)44(43)25-47(45)46/h3-25,48,52H,1-2H3. The molecule has 0 saturated carbocycles. The molecule has 3 heteroatoms. The third-order valence-electron chi connectivity index (χ3n) is 11.2. The molecule has 8 aromatic rings. The third kappa shape index (κ3) is 4.30. The molecule has 52 heavy (non-hydrogen) atoms. The molecule has 3 nitrogen and oxygen atoms in total. The summed E-state index contributed by atoms with van der Waals surface area (Å²) in [6.45, 7) is 4.20. The average Bonchev–Trinajstić information content (AvgIpc) is 3.50. The van der Waals surface area contributed by atoms with E-state index in [1.165, 1.54) is 70.9 Å². The minimum Gasteiger partial charge on any atom is -0.381 e. The van der Waals surface area contributed by atoms with Gasteiger partial charge >= 0.3 is 0 Å². The Labute approximate surface area is 302 Å². The van der Waals surface area contributed by atoms with E-state index < -0.39 is 0 Å². The Bertz CT molecular complexity index is 3040. The fourth-order valence-corrected chi connectivity index (χ4v) is 8.79. The molecular weight excluding hydrogens is 631 g/mol. The number of nitrogens with zero attached hydrogens (tertiary/aromatic N) is 2. The highest BCUT2D eigenvalue weighted by Crippen LogP contribution is 2.52. The van der Waals surface area contributed by atoms with Gasteiger partial charge in [-0.2, -0.15) is 10.5 Å². The molecule has 1 aliphatic heterocycles. The van der Waals surface area contributed by atoms with Gasteiger partial charge in [-0.05, 0) is 179 Å². The van der Waals surface area contributed by atoms with Gasteiger partial charge < -0.3 is 5.32 Å². The number of aryl methyl sites for hydroxylation is 2. The molecule has 0 fully saturated rings. The van der Waals surface area contributed by atoms with Crippen LogP contribution in [0.15, 0.2) is 140 Å². The average molecular weight is 662 g/mol. The lowest BCUT2D eigenvalue weighted by atomic mass is 9.84. The molecule has 10 rings (SSSR count). The van der Waals surface area contributed by atoms with Gasteiger partial charge in [-0.15, -0.1) is 0 Å². The van der Waals surface area contributed by atoms with Crippen molar-refractivity contribution in [2.75, 3.05) is 0 Å². The second-order valence-electron chi connectivity index (χ2n) is 14.0. The molecule has 0 aromatic heterocycles. The van der Waals surface area contributed by atoms with E-state index >= 15 is 0 Å². The highest BCUT2D eigenvalue weighted by molar-refractivity contribution is 6.27. The zero-order valence-electron chi connectivity index (χ0n) is 28.8. The van der Waals surface area contributed by atoms with Crippen LogP contribution >= 0.6 is 0 Å². The monoisotopic (exact) mass is 661 g/mol. The van der Waals surface area contributed by atoms with Crippen molar-refractivity contribution < 1.29 is 0 Å². The van der Waals surface area contributed by atoms with Gasteiger partial charge in [0.2, 0.25) is 0 Å². The van der Waals surface area contributed by atoms with E-state index in [0.717, 1.165) is 33.4 Å². The van der Waals surface area contributed by atoms with Gasteiger partial charge in [0, 0.05) is 0 Å². The Morgan fingerprint density at radius 1 is 0.462 bits per heavy atom. The molecule has 1 aliphatic carbocycles. The first-order valence-corrected chi connectivity index (χ1v) is 17.7. The summed E-state index contributed by atoms with van der Waals surface area (Å²) in [6, 6.07) is 46.3. The maximum absolute atomic E-state index is 9.71. The van der Waals surface area contributed by atoms with Crippen molar-refractivity contribution in [1.82, 2.24) is 5.32 Å². The van der Waals surface area contributed by atoms with E-state index in [1.807, 2.05) is 36.5 Å². The van der Waals surface area contributed by atoms with Crippen molar-refractivity contribution in [3.05, 3.63) is 168 Å². The summed E-state index contributed by atoms with van der Waals surface area (Å²) < 4.78 is 0. The zero-order chi connectivity index (χ0) is 35.1. The fraction of sp³-hybridized carbons (Fsp3) is 0.0612. The predicted octanol–water partition coefficient (Wildman–Crippen LogP) is 12.4. The Balaban J connectivity index is 1.33. The summed E-state index contributed by atoms with van der Waals surface area (Å²) >= 11 is 0.